The number of piperidine rings is 1. The van der Waals surface area contributed by atoms with Crippen LogP contribution in [0.4, 0.5) is 0 Å². The zero-order valence-corrected chi connectivity index (χ0v) is 6.72. The second kappa shape index (κ2) is 2.70. The maximum atomic E-state index is 2.44. The molecule has 0 aromatic carbocycles. The molecule has 0 bridgehead atoms. The van der Waals surface area contributed by atoms with Crippen LogP contribution in [0.1, 0.15) is 26.7 Å². The molecule has 1 rings (SSSR count). The van der Waals surface area contributed by atoms with Gasteiger partial charge in [-0.05, 0) is 39.3 Å². The van der Waals surface area contributed by atoms with Crippen LogP contribution in [0.2, 0.25) is 0 Å². The average Bonchev–Trinajstić information content (AvgIpc) is 1.80. The third-order valence-electron chi connectivity index (χ3n) is 2.47. The molecule has 0 aromatic rings. The molecule has 1 aliphatic heterocycles. The van der Waals surface area contributed by atoms with E-state index in [1.807, 2.05) is 0 Å². The van der Waals surface area contributed by atoms with Crippen LogP contribution >= 0.6 is 0 Å². The molecule has 1 heteroatoms. The summed E-state index contributed by atoms with van der Waals surface area (Å²) in [5, 5.41) is 0. The van der Waals surface area contributed by atoms with Gasteiger partial charge in [0.15, 0.2) is 0 Å². The van der Waals surface area contributed by atoms with Crippen molar-refractivity contribution in [2.24, 2.45) is 5.92 Å². The van der Waals surface area contributed by atoms with E-state index in [4.69, 9.17) is 0 Å². The van der Waals surface area contributed by atoms with Gasteiger partial charge in [0.2, 0.25) is 0 Å². The second-order valence-corrected chi connectivity index (χ2v) is 3.46. The van der Waals surface area contributed by atoms with E-state index in [0.717, 1.165) is 12.0 Å². The van der Waals surface area contributed by atoms with E-state index >= 15 is 0 Å². The fourth-order valence-electron chi connectivity index (χ4n) is 1.52. The van der Waals surface area contributed by atoms with Gasteiger partial charge < -0.3 is 4.90 Å². The molecular weight excluding hydrogens is 110 g/mol. The van der Waals surface area contributed by atoms with E-state index in [-0.39, 0.29) is 0 Å². The molecule has 0 spiro atoms. The highest BCUT2D eigenvalue weighted by molar-refractivity contribution is 4.73. The third-order valence-corrected chi connectivity index (χ3v) is 2.47. The summed E-state index contributed by atoms with van der Waals surface area (Å²) in [6, 6.07) is 0.814. The van der Waals surface area contributed by atoms with E-state index in [9.17, 15) is 0 Å². The lowest BCUT2D eigenvalue weighted by molar-refractivity contribution is 0.162. The van der Waals surface area contributed by atoms with Crippen molar-refractivity contribution in [2.75, 3.05) is 13.6 Å². The molecule has 0 saturated carbocycles. The first-order valence-corrected chi connectivity index (χ1v) is 3.90. The fourth-order valence-corrected chi connectivity index (χ4v) is 1.52. The van der Waals surface area contributed by atoms with Crippen LogP contribution in [0.5, 0.6) is 0 Å². The minimum atomic E-state index is 0.814. The summed E-state index contributed by atoms with van der Waals surface area (Å²) < 4.78 is 0. The third kappa shape index (κ3) is 1.68. The molecule has 0 aliphatic carbocycles. The maximum absolute atomic E-state index is 2.44. The van der Waals surface area contributed by atoms with Crippen LogP contribution in [0.25, 0.3) is 0 Å². The van der Waals surface area contributed by atoms with Crippen molar-refractivity contribution < 1.29 is 0 Å². The molecule has 1 unspecified atom stereocenters. The minimum absolute atomic E-state index is 0.814. The van der Waals surface area contributed by atoms with Crippen LogP contribution in [-0.4, -0.2) is 24.5 Å². The van der Waals surface area contributed by atoms with Crippen LogP contribution < -0.4 is 0 Å². The Morgan fingerprint density at radius 3 is 2.44 bits per heavy atom. The van der Waals surface area contributed by atoms with E-state index in [1.54, 1.807) is 0 Å². The normalized spacial score (nSPS) is 39.0. The highest BCUT2D eigenvalue weighted by Gasteiger charge is 2.18. The van der Waals surface area contributed by atoms with E-state index in [2.05, 4.69) is 25.8 Å². The Morgan fingerprint density at radius 1 is 1.33 bits per heavy atom. The number of nitrogens with zero attached hydrogens (tertiary/aromatic N) is 1. The Balaban J connectivity index is 2.35. The Hall–Kier alpha value is -0.0400. The number of rotatable bonds is 0. The molecule has 54 valence electrons. The standard InChI is InChI=1S/C8H17N/c1-7-4-5-9(3)8(2)6-7/h7-8H,4-6H2,1-3H3/t7?,8-/m0/s1. The summed E-state index contributed by atoms with van der Waals surface area (Å²) in [7, 11) is 2.22. The Kier molecular flexibility index (Phi) is 2.12. The highest BCUT2D eigenvalue weighted by Crippen LogP contribution is 2.19. The van der Waals surface area contributed by atoms with Crippen molar-refractivity contribution in [3.8, 4) is 0 Å². The maximum Gasteiger partial charge on any atom is 0.00664 e. The van der Waals surface area contributed by atoms with E-state index < -0.39 is 0 Å². The zero-order valence-electron chi connectivity index (χ0n) is 6.72. The number of hydrogen-bond acceptors (Lipinski definition) is 1. The summed E-state index contributed by atoms with van der Waals surface area (Å²) in [4.78, 5) is 2.44. The first-order valence-electron chi connectivity index (χ1n) is 3.90. The number of likely N-dealkylation sites (tertiary alicyclic amines) is 1. The van der Waals surface area contributed by atoms with Gasteiger partial charge in [-0.25, -0.2) is 0 Å². The molecule has 0 radical (unpaired) electrons. The van der Waals surface area contributed by atoms with Gasteiger partial charge in [0, 0.05) is 6.04 Å². The summed E-state index contributed by atoms with van der Waals surface area (Å²) in [6.45, 7) is 5.96. The zero-order chi connectivity index (χ0) is 6.85. The summed E-state index contributed by atoms with van der Waals surface area (Å²) >= 11 is 0. The molecule has 0 N–H and O–H groups in total. The van der Waals surface area contributed by atoms with Crippen molar-refractivity contribution in [2.45, 2.75) is 32.7 Å². The highest BCUT2D eigenvalue weighted by atomic mass is 15.1. The SMILES string of the molecule is CC1CCN(C)[C@@H](C)C1. The van der Waals surface area contributed by atoms with Gasteiger partial charge in [0.25, 0.3) is 0 Å². The van der Waals surface area contributed by atoms with Crippen molar-refractivity contribution in [3.05, 3.63) is 0 Å². The monoisotopic (exact) mass is 127 g/mol. The molecule has 9 heavy (non-hydrogen) atoms. The number of hydrogen-bond donors (Lipinski definition) is 0. The molecule has 1 fully saturated rings. The lowest BCUT2D eigenvalue weighted by Gasteiger charge is -2.33. The van der Waals surface area contributed by atoms with Gasteiger partial charge in [-0.15, -0.1) is 0 Å². The van der Waals surface area contributed by atoms with Crippen LogP contribution in [0.15, 0.2) is 0 Å². The van der Waals surface area contributed by atoms with Crippen LogP contribution in [-0.2, 0) is 0 Å². The molecule has 1 heterocycles. The van der Waals surface area contributed by atoms with Gasteiger partial charge in [-0.1, -0.05) is 6.92 Å². The molecule has 0 aromatic heterocycles. The van der Waals surface area contributed by atoms with Crippen LogP contribution in [0.3, 0.4) is 0 Å². The lowest BCUT2D eigenvalue weighted by atomic mass is 9.94. The van der Waals surface area contributed by atoms with Crippen molar-refractivity contribution >= 4 is 0 Å². The Morgan fingerprint density at radius 2 is 2.00 bits per heavy atom. The van der Waals surface area contributed by atoms with Gasteiger partial charge in [-0.3, -0.25) is 0 Å². The first-order chi connectivity index (χ1) is 4.20. The van der Waals surface area contributed by atoms with E-state index in [0.29, 0.717) is 0 Å². The quantitative estimate of drug-likeness (QED) is 0.479. The molecule has 2 atom stereocenters. The molecule has 1 aliphatic rings. The van der Waals surface area contributed by atoms with Gasteiger partial charge in [0.05, 0.1) is 0 Å². The largest absolute Gasteiger partial charge is 0.304 e. The van der Waals surface area contributed by atoms with Crippen molar-refractivity contribution in [1.82, 2.24) is 4.90 Å². The fraction of sp³-hybridized carbons (Fsp3) is 1.00. The summed E-state index contributed by atoms with van der Waals surface area (Å²) in [5.74, 6) is 0.955. The van der Waals surface area contributed by atoms with Crippen molar-refractivity contribution in [3.63, 3.8) is 0 Å². The molecule has 0 amide bonds. The van der Waals surface area contributed by atoms with Gasteiger partial charge in [0.1, 0.15) is 0 Å². The second-order valence-electron chi connectivity index (χ2n) is 3.46. The molecular formula is C8H17N. The average molecular weight is 127 g/mol. The lowest BCUT2D eigenvalue weighted by Crippen LogP contribution is -2.36. The smallest absolute Gasteiger partial charge is 0.00664 e. The van der Waals surface area contributed by atoms with Crippen LogP contribution in [0, 0.1) is 5.92 Å². The molecule has 1 nitrogen and oxygen atoms in total. The predicted octanol–water partition coefficient (Wildman–Crippen LogP) is 1.74. The Bertz CT molecular complexity index is 90.6. The summed E-state index contributed by atoms with van der Waals surface area (Å²) in [6.07, 6.45) is 2.78. The van der Waals surface area contributed by atoms with E-state index in [1.165, 1.54) is 19.4 Å². The van der Waals surface area contributed by atoms with Gasteiger partial charge in [-0.2, -0.15) is 0 Å². The summed E-state index contributed by atoms with van der Waals surface area (Å²) in [5.41, 5.74) is 0. The molecule has 1 saturated heterocycles. The topological polar surface area (TPSA) is 3.24 Å². The first kappa shape index (κ1) is 7.07. The minimum Gasteiger partial charge on any atom is -0.304 e. The van der Waals surface area contributed by atoms with Crippen molar-refractivity contribution in [1.29, 1.82) is 0 Å². The Labute approximate surface area is 58.0 Å². The van der Waals surface area contributed by atoms with Gasteiger partial charge >= 0.3 is 0 Å². The predicted molar refractivity (Wildman–Crippen MR) is 40.5 cm³/mol.